The minimum atomic E-state index is -5.22. The molecular weight excluding hydrogens is 695 g/mol. The van der Waals surface area contributed by atoms with Gasteiger partial charge in [-0.3, -0.25) is 29.3 Å². The quantitative estimate of drug-likeness (QED) is 0.0555. The number of carbonyl (C=O) groups excluding carboxylic acids is 3. The Balaban J connectivity index is 1.46. The Morgan fingerprint density at radius 2 is 2.04 bits per heavy atom. The number of aliphatic carboxylic acids is 2. The van der Waals surface area contributed by atoms with Crippen LogP contribution in [-0.2, 0) is 35.4 Å². The number of nitrogens with zero attached hydrogens (tertiary/aromatic N) is 7. The molecule has 242 valence electrons. The lowest BCUT2D eigenvalue weighted by atomic mass is 9.89. The van der Waals surface area contributed by atoms with Crippen LogP contribution in [0.3, 0.4) is 0 Å². The summed E-state index contributed by atoms with van der Waals surface area (Å²) in [5.74, 6) is -6.57. The Labute approximate surface area is 266 Å². The van der Waals surface area contributed by atoms with E-state index in [0.29, 0.717) is 11.3 Å². The van der Waals surface area contributed by atoms with E-state index in [4.69, 9.17) is 21.5 Å². The third kappa shape index (κ3) is 7.48. The second kappa shape index (κ2) is 13.6. The molecule has 2 fully saturated rings. The van der Waals surface area contributed by atoms with E-state index in [-0.39, 0.29) is 34.2 Å². The van der Waals surface area contributed by atoms with Crippen molar-refractivity contribution in [1.29, 1.82) is 0 Å². The summed E-state index contributed by atoms with van der Waals surface area (Å²) in [7, 11) is 0. The number of fused-ring (bicyclic) bond motifs is 1. The molecule has 0 spiro atoms. The van der Waals surface area contributed by atoms with Gasteiger partial charge in [-0.25, -0.2) is 9.67 Å². The number of carboxylic acid groups (broad SMARTS) is 2. The fourth-order valence-corrected chi connectivity index (χ4v) is 7.64. The zero-order valence-corrected chi connectivity index (χ0v) is 25.4. The molecule has 2 aromatic rings. The van der Waals surface area contributed by atoms with Crippen LogP contribution in [-0.4, -0.2) is 118 Å². The van der Waals surface area contributed by atoms with Gasteiger partial charge in [0.05, 0.1) is 0 Å². The fraction of sp³-hybridized carbons (Fsp3) is 0.429. The van der Waals surface area contributed by atoms with Gasteiger partial charge in [0.15, 0.2) is 10.8 Å². The van der Waals surface area contributed by atoms with E-state index in [9.17, 15) is 42.3 Å². The number of anilines is 1. The summed E-state index contributed by atoms with van der Waals surface area (Å²) in [5, 5.41) is 36.1. The van der Waals surface area contributed by atoms with Crippen LogP contribution in [0.15, 0.2) is 23.0 Å². The van der Waals surface area contributed by atoms with E-state index in [2.05, 4.69) is 37.6 Å². The maximum Gasteiger partial charge on any atom is 0.471 e. The molecule has 45 heavy (non-hydrogen) atoms. The molecule has 4 rings (SSSR count). The molecule has 0 aliphatic carbocycles. The highest BCUT2D eigenvalue weighted by Gasteiger charge is 2.57. The summed E-state index contributed by atoms with van der Waals surface area (Å²) in [6.45, 7) is 2.44. The molecular formula is C21H19ClF3N9O8S3. The van der Waals surface area contributed by atoms with Gasteiger partial charge in [0.2, 0.25) is 11.1 Å². The number of thiazole rings is 1. The fourth-order valence-electron chi connectivity index (χ4n) is 3.86. The lowest BCUT2D eigenvalue weighted by Gasteiger charge is -2.53. The van der Waals surface area contributed by atoms with E-state index in [0.717, 1.165) is 28.2 Å². The minimum Gasteiger partial charge on any atom is -0.481 e. The van der Waals surface area contributed by atoms with Crippen LogP contribution >= 0.6 is 46.5 Å². The van der Waals surface area contributed by atoms with Crippen molar-refractivity contribution in [2.24, 2.45) is 10.6 Å². The summed E-state index contributed by atoms with van der Waals surface area (Å²) in [6, 6.07) is -1.16. The number of nitrogens with one attached hydrogen (secondary N) is 2. The predicted octanol–water partition coefficient (Wildman–Crippen LogP) is 0.538. The first-order valence-electron chi connectivity index (χ1n) is 12.1. The largest absolute Gasteiger partial charge is 0.481 e. The van der Waals surface area contributed by atoms with Gasteiger partial charge < -0.3 is 25.3 Å². The van der Waals surface area contributed by atoms with Crippen molar-refractivity contribution >= 4 is 87.0 Å². The van der Waals surface area contributed by atoms with Gasteiger partial charge >= 0.3 is 24.0 Å². The Hall–Kier alpha value is -3.96. The van der Waals surface area contributed by atoms with E-state index in [1.807, 2.05) is 0 Å². The first-order chi connectivity index (χ1) is 21.2. The number of carbonyl (C=O) groups is 5. The summed E-state index contributed by atoms with van der Waals surface area (Å²) >= 11 is 8.48. The number of β-lactam (4-membered cyclic amide) rings is 1. The average molecular weight is 714 g/mol. The SMILES string of the molecule is C=CCON=C(C(=O)NC1C(=O)N2CC(CSc3nnnn3CC(=O)O)(C(=O)O)CS[C@H]12)c1nc(NC(=O)C(F)(F)F)sc1Cl. The van der Waals surface area contributed by atoms with Crippen molar-refractivity contribution < 1.29 is 52.2 Å². The van der Waals surface area contributed by atoms with Crippen molar-refractivity contribution in [2.45, 2.75) is 29.3 Å². The van der Waals surface area contributed by atoms with Gasteiger partial charge in [0.1, 0.15) is 40.0 Å². The number of tetrazole rings is 1. The maximum atomic E-state index is 13.2. The van der Waals surface area contributed by atoms with Gasteiger partial charge in [0.25, 0.3) is 5.91 Å². The van der Waals surface area contributed by atoms with Crippen molar-refractivity contribution in [3.8, 4) is 0 Å². The van der Waals surface area contributed by atoms with Crippen molar-refractivity contribution in [3.63, 3.8) is 0 Å². The molecule has 4 N–H and O–H groups in total. The van der Waals surface area contributed by atoms with E-state index >= 15 is 0 Å². The van der Waals surface area contributed by atoms with Crippen molar-refractivity contribution in [1.82, 2.24) is 35.4 Å². The normalized spacial score (nSPS) is 21.4. The lowest BCUT2D eigenvalue weighted by molar-refractivity contribution is -0.167. The first-order valence-corrected chi connectivity index (χ1v) is 15.3. The van der Waals surface area contributed by atoms with Gasteiger partial charge in [-0.1, -0.05) is 52.5 Å². The molecule has 0 bridgehead atoms. The number of hydrogen-bond donors (Lipinski definition) is 4. The van der Waals surface area contributed by atoms with Gasteiger partial charge in [-0.05, 0) is 10.4 Å². The first kappa shape index (κ1) is 33.9. The summed E-state index contributed by atoms with van der Waals surface area (Å²) in [5.41, 5.74) is -2.53. The third-order valence-electron chi connectivity index (χ3n) is 6.00. The van der Waals surface area contributed by atoms with Crippen LogP contribution in [0.5, 0.6) is 0 Å². The van der Waals surface area contributed by atoms with Crippen molar-refractivity contribution in [3.05, 3.63) is 22.7 Å². The predicted molar refractivity (Wildman–Crippen MR) is 151 cm³/mol. The third-order valence-corrected chi connectivity index (χ3v) is 10.0. The number of carboxylic acids is 2. The number of hydrogen-bond acceptors (Lipinski definition) is 14. The average Bonchev–Trinajstić information content (AvgIpc) is 3.56. The minimum absolute atomic E-state index is 0.0137. The molecule has 2 saturated heterocycles. The Morgan fingerprint density at radius 3 is 2.69 bits per heavy atom. The van der Waals surface area contributed by atoms with Gasteiger partial charge in [-0.15, -0.1) is 16.9 Å². The zero-order valence-electron chi connectivity index (χ0n) is 22.2. The monoisotopic (exact) mass is 713 g/mol. The zero-order chi connectivity index (χ0) is 33.1. The number of thioether (sulfide) groups is 2. The molecule has 4 heterocycles. The topological polar surface area (TPSA) is 231 Å². The summed E-state index contributed by atoms with van der Waals surface area (Å²) < 4.78 is 38.7. The van der Waals surface area contributed by atoms with Crippen LogP contribution in [0, 0.1) is 5.41 Å². The molecule has 3 amide bonds. The summed E-state index contributed by atoms with van der Waals surface area (Å²) in [6.07, 6.45) is -3.94. The molecule has 0 radical (unpaired) electrons. The standard InChI is InChI=1S/C21H19ClF3N9O8S3/c1-2-3-42-30-10(9-12(22)45-18(27-9)28-16(39)21(23,24)25)13(37)26-11-14(38)33-5-20(17(40)41,6-43-15(11)33)7-44-19-29-31-32-34(19)4-8(35)36/h2,11,15H,1,3-7H2,(H,26,37)(H,35,36)(H,40,41)(H,27,28,39)/t11?,15-,20?/m1/s1. The Kier molecular flexibility index (Phi) is 10.2. The van der Waals surface area contributed by atoms with Crippen LogP contribution < -0.4 is 10.6 Å². The van der Waals surface area contributed by atoms with E-state index in [1.165, 1.54) is 16.3 Å². The molecule has 17 nitrogen and oxygen atoms in total. The van der Waals surface area contributed by atoms with E-state index in [1.54, 1.807) is 0 Å². The van der Waals surface area contributed by atoms with Crippen LogP contribution in [0.4, 0.5) is 18.3 Å². The number of amides is 3. The molecule has 2 aliphatic heterocycles. The molecule has 24 heteroatoms. The molecule has 2 unspecified atom stereocenters. The number of rotatable bonds is 13. The Bertz CT molecular complexity index is 1570. The van der Waals surface area contributed by atoms with Gasteiger partial charge in [0, 0.05) is 18.1 Å². The van der Waals surface area contributed by atoms with Crippen LogP contribution in [0.2, 0.25) is 4.34 Å². The number of oxime groups is 1. The lowest BCUT2D eigenvalue weighted by Crippen LogP contribution is -2.74. The van der Waals surface area contributed by atoms with E-state index < -0.39 is 75.7 Å². The molecule has 0 saturated carbocycles. The highest BCUT2D eigenvalue weighted by molar-refractivity contribution is 8.00. The van der Waals surface area contributed by atoms with Crippen LogP contribution in [0.1, 0.15) is 5.69 Å². The number of aromatic nitrogens is 5. The second-order valence-electron chi connectivity index (χ2n) is 9.12. The smallest absolute Gasteiger partial charge is 0.471 e. The highest BCUT2D eigenvalue weighted by Crippen LogP contribution is 2.44. The molecule has 2 aliphatic rings. The second-order valence-corrected chi connectivity index (χ2v) is 12.8. The van der Waals surface area contributed by atoms with Gasteiger partial charge in [-0.2, -0.15) is 13.2 Å². The number of halogens is 4. The maximum absolute atomic E-state index is 13.2. The molecule has 0 aromatic carbocycles. The molecule has 3 atom stereocenters. The number of alkyl halides is 3. The summed E-state index contributed by atoms with van der Waals surface area (Å²) in [4.78, 5) is 70.9. The van der Waals surface area contributed by atoms with Crippen molar-refractivity contribution in [2.75, 3.05) is 30.0 Å². The molecule has 2 aromatic heterocycles. The van der Waals surface area contributed by atoms with Crippen LogP contribution in [0.25, 0.3) is 0 Å². The highest BCUT2D eigenvalue weighted by atomic mass is 35.5. The Morgan fingerprint density at radius 1 is 1.31 bits per heavy atom.